The molecule has 120 valence electrons. The number of hydrogen-bond acceptors (Lipinski definition) is 3. The van der Waals surface area contributed by atoms with E-state index in [1.54, 1.807) is 0 Å². The standard InChI is InChI=1S/C17H20ClN5/c1-11(2)17-16(20-9-14-8-19-12(3)22-14)10-21-23(17)15-6-4-5-13(18)7-15/h4-8,10-11,20H,9H2,1-3H3,(H,19,22). The summed E-state index contributed by atoms with van der Waals surface area (Å²) < 4.78 is 1.94. The van der Waals surface area contributed by atoms with Crippen LogP contribution >= 0.6 is 11.6 Å². The number of nitrogens with one attached hydrogen (secondary N) is 2. The van der Waals surface area contributed by atoms with Crippen LogP contribution in [-0.2, 0) is 6.54 Å². The molecule has 0 aliphatic heterocycles. The van der Waals surface area contributed by atoms with Gasteiger partial charge < -0.3 is 10.3 Å². The SMILES string of the molecule is Cc1ncc(CNc2cnn(-c3cccc(Cl)c3)c2C(C)C)[nH]1. The zero-order valence-corrected chi connectivity index (χ0v) is 14.2. The molecular weight excluding hydrogens is 310 g/mol. The molecule has 0 saturated carbocycles. The van der Waals surface area contributed by atoms with E-state index in [2.05, 4.69) is 34.2 Å². The Balaban J connectivity index is 1.89. The highest BCUT2D eigenvalue weighted by atomic mass is 35.5. The molecule has 2 N–H and O–H groups in total. The maximum absolute atomic E-state index is 6.11. The minimum Gasteiger partial charge on any atom is -0.377 e. The summed E-state index contributed by atoms with van der Waals surface area (Å²) in [5.74, 6) is 1.24. The minimum absolute atomic E-state index is 0.322. The van der Waals surface area contributed by atoms with Crippen molar-refractivity contribution in [3.8, 4) is 5.69 Å². The van der Waals surface area contributed by atoms with Crippen LogP contribution in [0, 0.1) is 6.92 Å². The molecule has 0 spiro atoms. The molecule has 1 aromatic carbocycles. The highest BCUT2D eigenvalue weighted by Gasteiger charge is 2.16. The van der Waals surface area contributed by atoms with Gasteiger partial charge in [-0.25, -0.2) is 9.67 Å². The van der Waals surface area contributed by atoms with Crippen LogP contribution in [0.3, 0.4) is 0 Å². The number of aromatic nitrogens is 4. The third-order valence-corrected chi connectivity index (χ3v) is 3.87. The van der Waals surface area contributed by atoms with Crippen LogP contribution in [0.2, 0.25) is 5.02 Å². The molecule has 2 heterocycles. The van der Waals surface area contributed by atoms with Crippen molar-refractivity contribution < 1.29 is 0 Å². The fraction of sp³-hybridized carbons (Fsp3) is 0.294. The molecule has 6 heteroatoms. The Labute approximate surface area is 140 Å². The van der Waals surface area contributed by atoms with E-state index < -0.39 is 0 Å². The molecule has 23 heavy (non-hydrogen) atoms. The first-order valence-electron chi connectivity index (χ1n) is 7.63. The van der Waals surface area contributed by atoms with Crippen molar-refractivity contribution >= 4 is 17.3 Å². The molecule has 0 fully saturated rings. The van der Waals surface area contributed by atoms with Crippen molar-refractivity contribution in [1.82, 2.24) is 19.7 Å². The number of benzene rings is 1. The molecule has 0 atom stereocenters. The lowest BCUT2D eigenvalue weighted by atomic mass is 10.1. The van der Waals surface area contributed by atoms with E-state index in [1.807, 2.05) is 48.3 Å². The second kappa shape index (κ2) is 6.46. The van der Waals surface area contributed by atoms with E-state index in [0.29, 0.717) is 17.5 Å². The van der Waals surface area contributed by atoms with Gasteiger partial charge in [-0.3, -0.25) is 0 Å². The third-order valence-electron chi connectivity index (χ3n) is 3.63. The molecular formula is C17H20ClN5. The smallest absolute Gasteiger partial charge is 0.103 e. The molecule has 0 radical (unpaired) electrons. The van der Waals surface area contributed by atoms with Gasteiger partial charge in [-0.15, -0.1) is 0 Å². The summed E-state index contributed by atoms with van der Waals surface area (Å²) in [5, 5.41) is 8.68. The number of imidazole rings is 1. The van der Waals surface area contributed by atoms with Crippen molar-refractivity contribution in [3.63, 3.8) is 0 Å². The average Bonchev–Trinajstić information content (AvgIpc) is 3.11. The quantitative estimate of drug-likeness (QED) is 0.734. The Morgan fingerprint density at radius 1 is 1.30 bits per heavy atom. The lowest BCUT2D eigenvalue weighted by Crippen LogP contribution is -2.07. The number of halogens is 1. The summed E-state index contributed by atoms with van der Waals surface area (Å²) in [6, 6.07) is 7.72. The molecule has 3 aromatic rings. The van der Waals surface area contributed by atoms with Gasteiger partial charge in [0, 0.05) is 5.02 Å². The first kappa shape index (κ1) is 15.6. The fourth-order valence-corrected chi connectivity index (χ4v) is 2.80. The van der Waals surface area contributed by atoms with Gasteiger partial charge in [0.05, 0.1) is 41.7 Å². The highest BCUT2D eigenvalue weighted by Crippen LogP contribution is 2.28. The molecule has 5 nitrogen and oxygen atoms in total. The topological polar surface area (TPSA) is 58.5 Å². The van der Waals surface area contributed by atoms with Gasteiger partial charge in [0.25, 0.3) is 0 Å². The minimum atomic E-state index is 0.322. The van der Waals surface area contributed by atoms with Crippen molar-refractivity contribution in [2.24, 2.45) is 0 Å². The van der Waals surface area contributed by atoms with E-state index in [1.165, 1.54) is 0 Å². The second-order valence-corrected chi connectivity index (χ2v) is 6.27. The maximum atomic E-state index is 6.11. The summed E-state index contributed by atoms with van der Waals surface area (Å²) >= 11 is 6.11. The summed E-state index contributed by atoms with van der Waals surface area (Å²) in [6.07, 6.45) is 3.71. The summed E-state index contributed by atoms with van der Waals surface area (Å²) in [6.45, 7) is 6.94. The lowest BCUT2D eigenvalue weighted by molar-refractivity contribution is 0.734. The molecule has 0 aliphatic rings. The van der Waals surface area contributed by atoms with Crippen molar-refractivity contribution in [2.45, 2.75) is 33.2 Å². The maximum Gasteiger partial charge on any atom is 0.103 e. The largest absolute Gasteiger partial charge is 0.377 e. The van der Waals surface area contributed by atoms with Crippen LogP contribution in [0.1, 0.15) is 37.0 Å². The van der Waals surface area contributed by atoms with Gasteiger partial charge in [-0.2, -0.15) is 5.10 Å². The summed E-state index contributed by atoms with van der Waals surface area (Å²) in [4.78, 5) is 7.44. The number of nitrogens with zero attached hydrogens (tertiary/aromatic N) is 3. The highest BCUT2D eigenvalue weighted by molar-refractivity contribution is 6.30. The van der Waals surface area contributed by atoms with Crippen LogP contribution < -0.4 is 5.32 Å². The lowest BCUT2D eigenvalue weighted by Gasteiger charge is -2.14. The molecule has 3 rings (SSSR count). The van der Waals surface area contributed by atoms with Crippen molar-refractivity contribution in [3.05, 3.63) is 58.9 Å². The normalized spacial score (nSPS) is 11.2. The Morgan fingerprint density at radius 3 is 2.78 bits per heavy atom. The Bertz CT molecular complexity index is 803. The zero-order valence-electron chi connectivity index (χ0n) is 13.5. The Hall–Kier alpha value is -2.27. The Kier molecular flexibility index (Phi) is 4.39. The molecule has 0 saturated heterocycles. The van der Waals surface area contributed by atoms with Crippen LogP contribution in [0.15, 0.2) is 36.7 Å². The number of H-pyrrole nitrogens is 1. The van der Waals surface area contributed by atoms with E-state index >= 15 is 0 Å². The average molecular weight is 330 g/mol. The summed E-state index contributed by atoms with van der Waals surface area (Å²) in [5.41, 5.74) is 4.16. The van der Waals surface area contributed by atoms with Gasteiger partial charge in [0.2, 0.25) is 0 Å². The van der Waals surface area contributed by atoms with Gasteiger partial charge in [0.1, 0.15) is 5.82 Å². The molecule has 0 unspecified atom stereocenters. The summed E-state index contributed by atoms with van der Waals surface area (Å²) in [7, 11) is 0. The Morgan fingerprint density at radius 2 is 2.13 bits per heavy atom. The monoisotopic (exact) mass is 329 g/mol. The number of aryl methyl sites for hydroxylation is 1. The van der Waals surface area contributed by atoms with Gasteiger partial charge in [-0.05, 0) is 31.0 Å². The van der Waals surface area contributed by atoms with Crippen molar-refractivity contribution in [2.75, 3.05) is 5.32 Å². The number of rotatable bonds is 5. The predicted molar refractivity (Wildman–Crippen MR) is 93.3 cm³/mol. The third kappa shape index (κ3) is 3.40. The van der Waals surface area contributed by atoms with Crippen molar-refractivity contribution in [1.29, 1.82) is 0 Å². The van der Waals surface area contributed by atoms with E-state index in [-0.39, 0.29) is 0 Å². The predicted octanol–water partition coefficient (Wildman–Crippen LogP) is 4.29. The fourth-order valence-electron chi connectivity index (χ4n) is 2.62. The van der Waals surface area contributed by atoms with Crippen LogP contribution in [0.25, 0.3) is 5.69 Å². The number of anilines is 1. The number of aromatic amines is 1. The van der Waals surface area contributed by atoms with Gasteiger partial charge in [0.15, 0.2) is 0 Å². The molecule has 0 amide bonds. The van der Waals surface area contributed by atoms with E-state index in [4.69, 9.17) is 11.6 Å². The van der Waals surface area contributed by atoms with E-state index in [9.17, 15) is 0 Å². The molecule has 0 aliphatic carbocycles. The van der Waals surface area contributed by atoms with Crippen LogP contribution in [-0.4, -0.2) is 19.7 Å². The second-order valence-electron chi connectivity index (χ2n) is 5.84. The molecule has 2 aromatic heterocycles. The zero-order chi connectivity index (χ0) is 16.4. The number of hydrogen-bond donors (Lipinski definition) is 2. The van der Waals surface area contributed by atoms with Gasteiger partial charge in [-0.1, -0.05) is 31.5 Å². The van der Waals surface area contributed by atoms with Crippen LogP contribution in [0.4, 0.5) is 5.69 Å². The molecule has 0 bridgehead atoms. The first-order chi connectivity index (χ1) is 11.0. The first-order valence-corrected chi connectivity index (χ1v) is 8.00. The van der Waals surface area contributed by atoms with Gasteiger partial charge >= 0.3 is 0 Å². The van der Waals surface area contributed by atoms with E-state index in [0.717, 1.165) is 28.6 Å². The van der Waals surface area contributed by atoms with Crippen LogP contribution in [0.5, 0.6) is 0 Å².